The van der Waals surface area contributed by atoms with Gasteiger partial charge in [0.2, 0.25) is 0 Å². The summed E-state index contributed by atoms with van der Waals surface area (Å²) in [6.07, 6.45) is 1.50. The second-order valence-corrected chi connectivity index (χ2v) is 4.95. The third-order valence-electron chi connectivity index (χ3n) is 3.32. The Labute approximate surface area is 128 Å². The number of aromatic nitrogens is 4. The highest BCUT2D eigenvalue weighted by Gasteiger charge is 2.13. The molecule has 0 aliphatic heterocycles. The van der Waals surface area contributed by atoms with E-state index in [1.165, 1.54) is 11.0 Å². The lowest BCUT2D eigenvalue weighted by molar-refractivity contribution is 0.0785. The Morgan fingerprint density at radius 1 is 1.14 bits per heavy atom. The lowest BCUT2D eigenvalue weighted by Gasteiger charge is -2.17. The molecular weight excluding hydrogens is 278 g/mol. The zero-order valence-electron chi connectivity index (χ0n) is 12.1. The minimum Gasteiger partial charge on any atom is -0.337 e. The van der Waals surface area contributed by atoms with E-state index in [2.05, 4.69) is 15.5 Å². The van der Waals surface area contributed by atoms with E-state index in [0.29, 0.717) is 12.1 Å². The van der Waals surface area contributed by atoms with Gasteiger partial charge < -0.3 is 4.90 Å². The lowest BCUT2D eigenvalue weighted by atomic mass is 10.1. The van der Waals surface area contributed by atoms with E-state index in [1.54, 1.807) is 24.1 Å². The molecule has 110 valence electrons. The van der Waals surface area contributed by atoms with Gasteiger partial charge in [-0.25, -0.2) is 4.68 Å². The third kappa shape index (κ3) is 3.01. The number of hydrogen-bond donors (Lipinski definition) is 0. The molecule has 1 aromatic heterocycles. The fourth-order valence-corrected chi connectivity index (χ4v) is 2.21. The summed E-state index contributed by atoms with van der Waals surface area (Å²) >= 11 is 0. The standard InChI is InChI=1S/C16H15N5O/c1-20(11-13-6-3-2-4-7-13)16(22)14-8-5-9-15(10-14)21-12-17-18-19-21/h2-10,12H,11H2,1H3. The number of amides is 1. The number of tetrazole rings is 1. The Kier molecular flexibility index (Phi) is 3.91. The van der Waals surface area contributed by atoms with Crippen molar-refractivity contribution in [2.45, 2.75) is 6.54 Å². The quantitative estimate of drug-likeness (QED) is 0.737. The SMILES string of the molecule is CN(Cc1ccccc1)C(=O)c1cccc(-n2cnnn2)c1. The molecule has 3 rings (SSSR count). The minimum absolute atomic E-state index is 0.0428. The van der Waals surface area contributed by atoms with Gasteiger partial charge in [0.05, 0.1) is 5.69 Å². The first-order valence-corrected chi connectivity index (χ1v) is 6.87. The molecule has 1 amide bonds. The van der Waals surface area contributed by atoms with Crippen LogP contribution in [0.4, 0.5) is 0 Å². The van der Waals surface area contributed by atoms with Crippen molar-refractivity contribution in [3.63, 3.8) is 0 Å². The molecule has 22 heavy (non-hydrogen) atoms. The van der Waals surface area contributed by atoms with Gasteiger partial charge in [-0.3, -0.25) is 4.79 Å². The summed E-state index contributed by atoms with van der Waals surface area (Å²) in [6.45, 7) is 0.564. The van der Waals surface area contributed by atoms with Crippen molar-refractivity contribution in [3.05, 3.63) is 72.1 Å². The van der Waals surface area contributed by atoms with Crippen LogP contribution in [-0.4, -0.2) is 38.1 Å². The molecule has 6 heteroatoms. The van der Waals surface area contributed by atoms with Crippen LogP contribution in [0.1, 0.15) is 15.9 Å². The highest BCUT2D eigenvalue weighted by atomic mass is 16.2. The predicted molar refractivity (Wildman–Crippen MR) is 81.4 cm³/mol. The van der Waals surface area contributed by atoms with Gasteiger partial charge in [-0.2, -0.15) is 0 Å². The maximum Gasteiger partial charge on any atom is 0.253 e. The van der Waals surface area contributed by atoms with Gasteiger partial charge in [0.15, 0.2) is 0 Å². The van der Waals surface area contributed by atoms with Crippen molar-refractivity contribution in [2.75, 3.05) is 7.05 Å². The average molecular weight is 293 g/mol. The minimum atomic E-state index is -0.0428. The van der Waals surface area contributed by atoms with Crippen LogP contribution in [-0.2, 0) is 6.54 Å². The molecule has 1 heterocycles. The smallest absolute Gasteiger partial charge is 0.253 e. The number of benzene rings is 2. The summed E-state index contributed by atoms with van der Waals surface area (Å²) in [5.74, 6) is -0.0428. The molecular formula is C16H15N5O. The summed E-state index contributed by atoms with van der Waals surface area (Å²) in [5.41, 5.74) is 2.45. The molecule has 6 nitrogen and oxygen atoms in total. The number of hydrogen-bond acceptors (Lipinski definition) is 4. The first kappa shape index (κ1) is 13.9. The molecule has 2 aromatic carbocycles. The van der Waals surface area contributed by atoms with Gasteiger partial charge in [-0.05, 0) is 34.2 Å². The van der Waals surface area contributed by atoms with Crippen LogP contribution in [0.3, 0.4) is 0 Å². The summed E-state index contributed by atoms with van der Waals surface area (Å²) in [5, 5.41) is 11.0. The second kappa shape index (κ2) is 6.17. The largest absolute Gasteiger partial charge is 0.337 e. The van der Waals surface area contributed by atoms with Gasteiger partial charge in [-0.1, -0.05) is 36.4 Å². The van der Waals surface area contributed by atoms with E-state index in [9.17, 15) is 4.79 Å². The molecule has 0 fully saturated rings. The highest BCUT2D eigenvalue weighted by molar-refractivity contribution is 5.94. The van der Waals surface area contributed by atoms with E-state index in [0.717, 1.165) is 11.3 Å². The third-order valence-corrected chi connectivity index (χ3v) is 3.32. The van der Waals surface area contributed by atoms with Crippen molar-refractivity contribution in [1.82, 2.24) is 25.1 Å². The lowest BCUT2D eigenvalue weighted by Crippen LogP contribution is -2.26. The molecule has 0 bridgehead atoms. The van der Waals surface area contributed by atoms with E-state index in [1.807, 2.05) is 42.5 Å². The normalized spacial score (nSPS) is 10.4. The van der Waals surface area contributed by atoms with Gasteiger partial charge >= 0.3 is 0 Å². The van der Waals surface area contributed by atoms with E-state index in [-0.39, 0.29) is 5.91 Å². The van der Waals surface area contributed by atoms with Crippen molar-refractivity contribution < 1.29 is 4.79 Å². The van der Waals surface area contributed by atoms with Gasteiger partial charge in [0.1, 0.15) is 6.33 Å². The van der Waals surface area contributed by atoms with Crippen LogP contribution in [0.15, 0.2) is 60.9 Å². The Balaban J connectivity index is 1.78. The number of carbonyl (C=O) groups is 1. The van der Waals surface area contributed by atoms with Gasteiger partial charge in [0, 0.05) is 19.2 Å². The fraction of sp³-hybridized carbons (Fsp3) is 0.125. The second-order valence-electron chi connectivity index (χ2n) is 4.95. The van der Waals surface area contributed by atoms with Crippen molar-refractivity contribution in [3.8, 4) is 5.69 Å². The Bertz CT molecular complexity index is 755. The molecule has 0 unspecified atom stereocenters. The van der Waals surface area contributed by atoms with E-state index >= 15 is 0 Å². The molecule has 0 saturated carbocycles. The van der Waals surface area contributed by atoms with Crippen molar-refractivity contribution >= 4 is 5.91 Å². The fourth-order valence-electron chi connectivity index (χ4n) is 2.21. The topological polar surface area (TPSA) is 63.9 Å². The first-order valence-electron chi connectivity index (χ1n) is 6.87. The van der Waals surface area contributed by atoms with Gasteiger partial charge in [-0.15, -0.1) is 5.10 Å². The molecule has 3 aromatic rings. The van der Waals surface area contributed by atoms with Crippen LogP contribution in [0.25, 0.3) is 5.69 Å². The number of carbonyl (C=O) groups excluding carboxylic acids is 1. The zero-order valence-corrected chi connectivity index (χ0v) is 12.1. The van der Waals surface area contributed by atoms with E-state index < -0.39 is 0 Å². The van der Waals surface area contributed by atoms with Crippen LogP contribution >= 0.6 is 0 Å². The van der Waals surface area contributed by atoms with Gasteiger partial charge in [0.25, 0.3) is 5.91 Å². The zero-order chi connectivity index (χ0) is 15.4. The monoisotopic (exact) mass is 293 g/mol. The molecule has 0 atom stereocenters. The summed E-state index contributed by atoms with van der Waals surface area (Å²) < 4.78 is 1.52. The molecule has 0 radical (unpaired) electrons. The summed E-state index contributed by atoms with van der Waals surface area (Å²) in [7, 11) is 1.79. The van der Waals surface area contributed by atoms with Crippen molar-refractivity contribution in [2.24, 2.45) is 0 Å². The molecule has 0 aliphatic carbocycles. The van der Waals surface area contributed by atoms with Crippen molar-refractivity contribution in [1.29, 1.82) is 0 Å². The Morgan fingerprint density at radius 3 is 2.68 bits per heavy atom. The molecule has 0 N–H and O–H groups in total. The molecule has 0 saturated heterocycles. The van der Waals surface area contributed by atoms with Crippen LogP contribution < -0.4 is 0 Å². The Morgan fingerprint density at radius 2 is 1.95 bits per heavy atom. The molecule has 0 spiro atoms. The summed E-state index contributed by atoms with van der Waals surface area (Å²) in [4.78, 5) is 14.2. The van der Waals surface area contributed by atoms with Crippen LogP contribution in [0.5, 0.6) is 0 Å². The summed E-state index contributed by atoms with van der Waals surface area (Å²) in [6, 6.07) is 17.1. The van der Waals surface area contributed by atoms with Crippen LogP contribution in [0, 0.1) is 0 Å². The number of nitrogens with zero attached hydrogens (tertiary/aromatic N) is 5. The average Bonchev–Trinajstić information content (AvgIpc) is 3.10. The highest BCUT2D eigenvalue weighted by Crippen LogP contribution is 2.12. The predicted octanol–water partition coefficient (Wildman–Crippen LogP) is 1.93. The maximum atomic E-state index is 12.5. The van der Waals surface area contributed by atoms with E-state index in [4.69, 9.17) is 0 Å². The van der Waals surface area contributed by atoms with Crippen LogP contribution in [0.2, 0.25) is 0 Å². The molecule has 0 aliphatic rings. The maximum absolute atomic E-state index is 12.5. The number of rotatable bonds is 4. The first-order chi connectivity index (χ1) is 10.7. The Hall–Kier alpha value is -3.02.